The van der Waals surface area contributed by atoms with Crippen molar-refractivity contribution in [1.82, 2.24) is 14.8 Å². The summed E-state index contributed by atoms with van der Waals surface area (Å²) in [5, 5.41) is 13.6. The molecule has 0 fully saturated rings. The fourth-order valence-electron chi connectivity index (χ4n) is 3.91. The zero-order chi connectivity index (χ0) is 23.6. The van der Waals surface area contributed by atoms with Crippen molar-refractivity contribution in [2.45, 2.75) is 44.1 Å². The van der Waals surface area contributed by atoms with Crippen molar-refractivity contribution in [3.63, 3.8) is 0 Å². The Kier molecular flexibility index (Phi) is 6.94. The van der Waals surface area contributed by atoms with Crippen LogP contribution in [0.2, 0.25) is 0 Å². The lowest BCUT2D eigenvalue weighted by Gasteiger charge is -2.19. The standard InChI is InChI=1S/C23H23F3N4OS2/c1-3-10-30-21(16-12-32-19-11-14(2)8-9-15(16)19)28-29-22(30)33-13-20(31)27-18-7-5-4-6-17(18)23(24,25)26/h3-7,12,14H,1,8-11,13H2,2H3,(H,27,31). The van der Waals surface area contributed by atoms with Gasteiger partial charge in [0.2, 0.25) is 5.91 Å². The van der Waals surface area contributed by atoms with E-state index in [1.165, 1.54) is 28.6 Å². The first-order chi connectivity index (χ1) is 15.8. The number of amides is 1. The van der Waals surface area contributed by atoms with Crippen LogP contribution in [0.3, 0.4) is 0 Å². The predicted octanol–water partition coefficient (Wildman–Crippen LogP) is 6.07. The van der Waals surface area contributed by atoms with Gasteiger partial charge in [0.25, 0.3) is 0 Å². The van der Waals surface area contributed by atoms with Crippen molar-refractivity contribution in [1.29, 1.82) is 0 Å². The fraction of sp³-hybridized carbons (Fsp3) is 0.348. The summed E-state index contributed by atoms with van der Waals surface area (Å²) < 4.78 is 41.4. The second-order valence-corrected chi connectivity index (χ2v) is 9.89. The van der Waals surface area contributed by atoms with Gasteiger partial charge in [0, 0.05) is 22.4 Å². The summed E-state index contributed by atoms with van der Waals surface area (Å²) in [6, 6.07) is 4.92. The monoisotopic (exact) mass is 492 g/mol. The van der Waals surface area contributed by atoms with Crippen LogP contribution in [0.15, 0.2) is 47.5 Å². The lowest BCUT2D eigenvalue weighted by Crippen LogP contribution is -2.18. The summed E-state index contributed by atoms with van der Waals surface area (Å²) in [5.74, 6) is 0.753. The van der Waals surface area contributed by atoms with Gasteiger partial charge in [-0.2, -0.15) is 13.2 Å². The molecule has 174 valence electrons. The minimum absolute atomic E-state index is 0.0965. The number of nitrogens with zero attached hydrogens (tertiary/aromatic N) is 3. The van der Waals surface area contributed by atoms with Crippen molar-refractivity contribution < 1.29 is 18.0 Å². The molecule has 4 rings (SSSR count). The first kappa shape index (κ1) is 23.6. The van der Waals surface area contributed by atoms with E-state index in [2.05, 4.69) is 34.4 Å². The molecule has 5 nitrogen and oxygen atoms in total. The number of alkyl halides is 3. The minimum atomic E-state index is -4.55. The van der Waals surface area contributed by atoms with Gasteiger partial charge in [-0.15, -0.1) is 28.1 Å². The van der Waals surface area contributed by atoms with E-state index in [0.29, 0.717) is 17.6 Å². The number of allylic oxidation sites excluding steroid dienone is 1. The molecule has 2 heterocycles. The zero-order valence-corrected chi connectivity index (χ0v) is 19.6. The largest absolute Gasteiger partial charge is 0.418 e. The molecule has 2 aromatic heterocycles. The highest BCUT2D eigenvalue weighted by Gasteiger charge is 2.33. The van der Waals surface area contributed by atoms with Crippen LogP contribution < -0.4 is 5.32 Å². The second-order valence-electron chi connectivity index (χ2n) is 7.98. The van der Waals surface area contributed by atoms with Crippen LogP contribution in [0.25, 0.3) is 11.4 Å². The van der Waals surface area contributed by atoms with E-state index in [1.807, 2.05) is 4.57 Å². The molecule has 0 saturated heterocycles. The molecule has 10 heteroatoms. The number of hydrogen-bond donors (Lipinski definition) is 1. The predicted molar refractivity (Wildman–Crippen MR) is 126 cm³/mol. The highest BCUT2D eigenvalue weighted by molar-refractivity contribution is 7.99. The van der Waals surface area contributed by atoms with Gasteiger partial charge in [-0.1, -0.05) is 36.9 Å². The number of halogens is 3. The molecule has 33 heavy (non-hydrogen) atoms. The van der Waals surface area contributed by atoms with Crippen molar-refractivity contribution in [3.8, 4) is 11.4 Å². The fourth-order valence-corrected chi connectivity index (χ4v) is 5.90. The molecule has 0 aliphatic heterocycles. The molecule has 0 radical (unpaired) electrons. The quantitative estimate of drug-likeness (QED) is 0.321. The van der Waals surface area contributed by atoms with Crippen LogP contribution in [-0.4, -0.2) is 26.4 Å². The second kappa shape index (κ2) is 9.72. The Balaban J connectivity index is 1.51. The van der Waals surface area contributed by atoms with Gasteiger partial charge in [-0.3, -0.25) is 9.36 Å². The van der Waals surface area contributed by atoms with Gasteiger partial charge in [0.05, 0.1) is 17.0 Å². The van der Waals surface area contributed by atoms with Gasteiger partial charge in [0.1, 0.15) is 0 Å². The smallest absolute Gasteiger partial charge is 0.325 e. The number of nitrogens with one attached hydrogen (secondary N) is 1. The summed E-state index contributed by atoms with van der Waals surface area (Å²) >= 11 is 2.87. The van der Waals surface area contributed by atoms with Crippen LogP contribution in [-0.2, 0) is 30.4 Å². The van der Waals surface area contributed by atoms with E-state index < -0.39 is 17.6 Å². The van der Waals surface area contributed by atoms with Crippen LogP contribution >= 0.6 is 23.1 Å². The molecule has 0 saturated carbocycles. The molecule has 0 bridgehead atoms. The van der Waals surface area contributed by atoms with Gasteiger partial charge >= 0.3 is 6.18 Å². The zero-order valence-electron chi connectivity index (χ0n) is 18.0. The van der Waals surface area contributed by atoms with Crippen molar-refractivity contribution >= 4 is 34.7 Å². The lowest BCUT2D eigenvalue weighted by molar-refractivity contribution is -0.137. The third kappa shape index (κ3) is 5.16. The van der Waals surface area contributed by atoms with Crippen LogP contribution in [0.4, 0.5) is 18.9 Å². The highest BCUT2D eigenvalue weighted by Crippen LogP contribution is 2.38. The molecule has 1 amide bonds. The minimum Gasteiger partial charge on any atom is -0.325 e. The Morgan fingerprint density at radius 1 is 1.36 bits per heavy atom. The number of aromatic nitrogens is 3. The van der Waals surface area contributed by atoms with E-state index >= 15 is 0 Å². The SMILES string of the molecule is C=CCn1c(SCC(=O)Nc2ccccc2C(F)(F)F)nnc1-c1csc2c1CCC(C)C2. The Hall–Kier alpha value is -2.59. The molecule has 1 aromatic carbocycles. The number of benzene rings is 1. The van der Waals surface area contributed by atoms with E-state index in [-0.39, 0.29) is 11.4 Å². The molecule has 0 spiro atoms. The van der Waals surface area contributed by atoms with E-state index in [1.54, 1.807) is 17.4 Å². The number of carbonyl (C=O) groups is 1. The summed E-state index contributed by atoms with van der Waals surface area (Å²) in [6.07, 6.45) is 0.384. The molecule has 1 atom stereocenters. The van der Waals surface area contributed by atoms with Crippen molar-refractivity contribution in [2.75, 3.05) is 11.1 Å². The molecular formula is C23H23F3N4OS2. The normalized spacial score (nSPS) is 15.8. The first-order valence-corrected chi connectivity index (χ1v) is 12.4. The molecule has 1 N–H and O–H groups in total. The highest BCUT2D eigenvalue weighted by atomic mass is 32.2. The average molecular weight is 493 g/mol. The van der Waals surface area contributed by atoms with Gasteiger partial charge in [0.15, 0.2) is 11.0 Å². The number of thioether (sulfide) groups is 1. The summed E-state index contributed by atoms with van der Waals surface area (Å²) in [5.41, 5.74) is 1.24. The molecule has 3 aromatic rings. The van der Waals surface area contributed by atoms with Crippen LogP contribution in [0.1, 0.15) is 29.3 Å². The summed E-state index contributed by atoms with van der Waals surface area (Å²) in [6.45, 7) is 6.53. The summed E-state index contributed by atoms with van der Waals surface area (Å²) in [7, 11) is 0. The molecule has 1 unspecified atom stereocenters. The number of carbonyl (C=O) groups excluding carboxylic acids is 1. The topological polar surface area (TPSA) is 59.8 Å². The number of anilines is 1. The first-order valence-electron chi connectivity index (χ1n) is 10.5. The van der Waals surface area contributed by atoms with Gasteiger partial charge < -0.3 is 5.32 Å². The third-order valence-electron chi connectivity index (χ3n) is 5.51. The number of fused-ring (bicyclic) bond motifs is 1. The molecular weight excluding hydrogens is 469 g/mol. The lowest BCUT2D eigenvalue weighted by atomic mass is 9.88. The Bertz CT molecular complexity index is 1170. The van der Waals surface area contributed by atoms with Crippen LogP contribution in [0.5, 0.6) is 0 Å². The van der Waals surface area contributed by atoms with Crippen molar-refractivity contribution in [2.24, 2.45) is 5.92 Å². The maximum absolute atomic E-state index is 13.2. The number of thiophene rings is 1. The summed E-state index contributed by atoms with van der Waals surface area (Å²) in [4.78, 5) is 13.8. The van der Waals surface area contributed by atoms with E-state index in [0.717, 1.165) is 48.5 Å². The van der Waals surface area contributed by atoms with Gasteiger partial charge in [-0.25, -0.2) is 0 Å². The maximum Gasteiger partial charge on any atom is 0.418 e. The van der Waals surface area contributed by atoms with E-state index in [4.69, 9.17) is 0 Å². The number of hydrogen-bond acceptors (Lipinski definition) is 5. The van der Waals surface area contributed by atoms with Gasteiger partial charge in [-0.05, 0) is 42.9 Å². The molecule has 1 aliphatic carbocycles. The van der Waals surface area contributed by atoms with Crippen LogP contribution in [0, 0.1) is 5.92 Å². The average Bonchev–Trinajstić information content (AvgIpc) is 3.35. The third-order valence-corrected chi connectivity index (χ3v) is 7.53. The Morgan fingerprint density at radius 3 is 2.91 bits per heavy atom. The Labute approximate surface area is 198 Å². The van der Waals surface area contributed by atoms with Crippen molar-refractivity contribution in [3.05, 3.63) is 58.3 Å². The maximum atomic E-state index is 13.2. The van der Waals surface area contributed by atoms with E-state index in [9.17, 15) is 18.0 Å². The Morgan fingerprint density at radius 2 is 2.15 bits per heavy atom. The number of para-hydroxylation sites is 1. The number of rotatable bonds is 7. The molecule has 1 aliphatic rings.